The molecule has 2 rings (SSSR count). The largest absolute Gasteiger partial charge is 0.493 e. The third kappa shape index (κ3) is 9.49. The molecule has 1 aromatic carbocycles. The Morgan fingerprint density at radius 3 is 2.27 bits per heavy atom. The second-order valence-corrected chi connectivity index (χ2v) is 10.7. The Hall–Kier alpha value is -1.87. The summed E-state index contributed by atoms with van der Waals surface area (Å²) in [5.74, 6) is 2.26. The summed E-state index contributed by atoms with van der Waals surface area (Å²) < 4.78 is 12.2. The SMILES string of the molecule is CCCCC(Cc1ccc(OCC(C)C)cc1)C(=O)C(C)CC1(OCC(C)C)C=CC=CC1. The van der Waals surface area contributed by atoms with E-state index in [1.807, 2.05) is 12.1 Å². The Morgan fingerprint density at radius 1 is 1.00 bits per heavy atom. The minimum absolute atomic E-state index is 0.0381. The number of benzene rings is 1. The first kappa shape index (κ1) is 27.4. The van der Waals surface area contributed by atoms with Gasteiger partial charge < -0.3 is 9.47 Å². The maximum absolute atomic E-state index is 13.6. The van der Waals surface area contributed by atoms with Crippen molar-refractivity contribution in [2.24, 2.45) is 23.7 Å². The third-order valence-electron chi connectivity index (χ3n) is 6.25. The van der Waals surface area contributed by atoms with E-state index in [1.54, 1.807) is 0 Å². The fraction of sp³-hybridized carbons (Fsp3) is 0.633. The summed E-state index contributed by atoms with van der Waals surface area (Å²) in [6.07, 6.45) is 14.0. The molecule has 0 heterocycles. The lowest BCUT2D eigenvalue weighted by Crippen LogP contribution is -2.37. The highest BCUT2D eigenvalue weighted by Gasteiger charge is 2.34. The maximum Gasteiger partial charge on any atom is 0.139 e. The van der Waals surface area contributed by atoms with E-state index in [1.165, 1.54) is 5.56 Å². The molecule has 3 unspecified atom stereocenters. The van der Waals surface area contributed by atoms with E-state index in [-0.39, 0.29) is 17.4 Å². The third-order valence-corrected chi connectivity index (χ3v) is 6.25. The van der Waals surface area contributed by atoms with Crippen molar-refractivity contribution in [3.05, 3.63) is 54.1 Å². The van der Waals surface area contributed by atoms with Crippen LogP contribution in [-0.2, 0) is 16.0 Å². The normalized spacial score (nSPS) is 19.8. The van der Waals surface area contributed by atoms with Crippen molar-refractivity contribution in [3.8, 4) is 5.75 Å². The van der Waals surface area contributed by atoms with E-state index in [0.29, 0.717) is 24.2 Å². The first-order valence-electron chi connectivity index (χ1n) is 13.0. The zero-order chi connectivity index (χ0) is 24.3. The van der Waals surface area contributed by atoms with Crippen LogP contribution < -0.4 is 4.74 Å². The highest BCUT2D eigenvalue weighted by Crippen LogP contribution is 2.33. The van der Waals surface area contributed by atoms with Crippen molar-refractivity contribution in [2.75, 3.05) is 13.2 Å². The molecule has 0 N–H and O–H groups in total. The van der Waals surface area contributed by atoms with Crippen LogP contribution in [0.15, 0.2) is 48.6 Å². The lowest BCUT2D eigenvalue weighted by molar-refractivity contribution is -0.129. The highest BCUT2D eigenvalue weighted by molar-refractivity contribution is 5.83. The predicted molar refractivity (Wildman–Crippen MR) is 139 cm³/mol. The molecule has 33 heavy (non-hydrogen) atoms. The Bertz CT molecular complexity index is 759. The fourth-order valence-electron chi connectivity index (χ4n) is 4.38. The molecular formula is C30H46O3. The van der Waals surface area contributed by atoms with Gasteiger partial charge in [-0.1, -0.05) is 90.8 Å². The molecule has 1 aliphatic rings. The molecule has 184 valence electrons. The first-order chi connectivity index (χ1) is 15.7. The van der Waals surface area contributed by atoms with Crippen LogP contribution in [0.3, 0.4) is 0 Å². The second-order valence-electron chi connectivity index (χ2n) is 10.7. The summed E-state index contributed by atoms with van der Waals surface area (Å²) >= 11 is 0. The van der Waals surface area contributed by atoms with Gasteiger partial charge in [0, 0.05) is 11.8 Å². The number of rotatable bonds is 15. The van der Waals surface area contributed by atoms with Gasteiger partial charge in [0.1, 0.15) is 11.5 Å². The molecule has 0 amide bonds. The van der Waals surface area contributed by atoms with Crippen molar-refractivity contribution >= 4 is 5.78 Å². The molecule has 0 fully saturated rings. The van der Waals surface area contributed by atoms with E-state index in [2.05, 4.69) is 78.0 Å². The van der Waals surface area contributed by atoms with Crippen LogP contribution in [0.1, 0.15) is 79.2 Å². The Kier molecular flexibility index (Phi) is 11.4. The summed E-state index contributed by atoms with van der Waals surface area (Å²) in [6.45, 7) is 14.4. The number of Topliss-reactive ketones (excluding diaryl/α,β-unsaturated/α-hetero) is 1. The van der Waals surface area contributed by atoms with Crippen LogP contribution in [0.25, 0.3) is 0 Å². The van der Waals surface area contributed by atoms with Gasteiger partial charge in [0.05, 0.1) is 18.8 Å². The monoisotopic (exact) mass is 454 g/mol. The average molecular weight is 455 g/mol. The summed E-state index contributed by atoms with van der Waals surface area (Å²) in [6, 6.07) is 8.32. The standard InChI is InChI=1S/C30H46O3/c1-7-8-12-27(19-26-13-15-28(16-14-26)32-21-23(2)3)29(31)25(6)20-30(33-22-24(4)5)17-10-9-11-18-30/h9-11,13-17,23-25,27H,7-8,12,18-22H2,1-6H3. The summed E-state index contributed by atoms with van der Waals surface area (Å²) in [4.78, 5) is 13.6. The van der Waals surface area contributed by atoms with Crippen LogP contribution >= 0.6 is 0 Å². The Labute approximate surface area is 202 Å². The number of hydrogen-bond acceptors (Lipinski definition) is 3. The molecule has 0 aliphatic heterocycles. The van der Waals surface area contributed by atoms with E-state index in [4.69, 9.17) is 9.47 Å². The van der Waals surface area contributed by atoms with Gasteiger partial charge in [-0.2, -0.15) is 0 Å². The Morgan fingerprint density at radius 2 is 1.70 bits per heavy atom. The number of ketones is 1. The highest BCUT2D eigenvalue weighted by atomic mass is 16.5. The van der Waals surface area contributed by atoms with E-state index in [9.17, 15) is 4.79 Å². The van der Waals surface area contributed by atoms with Crippen molar-refractivity contribution in [3.63, 3.8) is 0 Å². The first-order valence-corrected chi connectivity index (χ1v) is 13.0. The zero-order valence-corrected chi connectivity index (χ0v) is 21.8. The summed E-state index contributed by atoms with van der Waals surface area (Å²) in [5.41, 5.74) is 0.846. The van der Waals surface area contributed by atoms with Gasteiger partial charge in [-0.15, -0.1) is 0 Å². The molecule has 0 saturated heterocycles. The van der Waals surface area contributed by atoms with Gasteiger partial charge in [-0.05, 0) is 55.2 Å². The molecule has 1 aromatic rings. The van der Waals surface area contributed by atoms with E-state index < -0.39 is 0 Å². The van der Waals surface area contributed by atoms with Crippen molar-refractivity contribution in [1.82, 2.24) is 0 Å². The molecule has 3 atom stereocenters. The minimum Gasteiger partial charge on any atom is -0.493 e. The molecule has 3 heteroatoms. The minimum atomic E-state index is -0.362. The van der Waals surface area contributed by atoms with E-state index >= 15 is 0 Å². The molecule has 1 aliphatic carbocycles. The van der Waals surface area contributed by atoms with E-state index in [0.717, 1.165) is 50.9 Å². The topological polar surface area (TPSA) is 35.5 Å². The van der Waals surface area contributed by atoms with Gasteiger partial charge in [-0.3, -0.25) is 4.79 Å². The van der Waals surface area contributed by atoms with Gasteiger partial charge in [0.15, 0.2) is 0 Å². The molecule has 0 aromatic heterocycles. The number of unbranched alkanes of at least 4 members (excludes halogenated alkanes) is 1. The molecule has 0 bridgehead atoms. The molecule has 0 spiro atoms. The fourth-order valence-corrected chi connectivity index (χ4v) is 4.38. The van der Waals surface area contributed by atoms with Crippen LogP contribution in [0.2, 0.25) is 0 Å². The number of allylic oxidation sites excluding steroid dienone is 2. The smallest absolute Gasteiger partial charge is 0.139 e. The van der Waals surface area contributed by atoms with Gasteiger partial charge in [0.2, 0.25) is 0 Å². The number of hydrogen-bond donors (Lipinski definition) is 0. The van der Waals surface area contributed by atoms with Crippen LogP contribution in [0.5, 0.6) is 5.75 Å². The molecule has 0 radical (unpaired) electrons. The van der Waals surface area contributed by atoms with Crippen molar-refractivity contribution < 1.29 is 14.3 Å². The lowest BCUT2D eigenvalue weighted by atomic mass is 9.78. The average Bonchev–Trinajstić information content (AvgIpc) is 2.80. The van der Waals surface area contributed by atoms with Gasteiger partial charge >= 0.3 is 0 Å². The van der Waals surface area contributed by atoms with Gasteiger partial charge in [-0.25, -0.2) is 0 Å². The van der Waals surface area contributed by atoms with Crippen LogP contribution in [-0.4, -0.2) is 24.6 Å². The predicted octanol–water partition coefficient (Wildman–Crippen LogP) is 7.59. The van der Waals surface area contributed by atoms with Crippen molar-refractivity contribution in [1.29, 1.82) is 0 Å². The summed E-state index contributed by atoms with van der Waals surface area (Å²) in [7, 11) is 0. The van der Waals surface area contributed by atoms with Crippen molar-refractivity contribution in [2.45, 2.75) is 85.7 Å². The zero-order valence-electron chi connectivity index (χ0n) is 21.8. The van der Waals surface area contributed by atoms with Crippen LogP contribution in [0.4, 0.5) is 0 Å². The summed E-state index contributed by atoms with van der Waals surface area (Å²) in [5, 5.41) is 0. The number of ether oxygens (including phenoxy) is 2. The van der Waals surface area contributed by atoms with Crippen LogP contribution in [0, 0.1) is 23.7 Å². The number of carbonyl (C=O) groups is 1. The second kappa shape index (κ2) is 13.7. The maximum atomic E-state index is 13.6. The number of carbonyl (C=O) groups excluding carboxylic acids is 1. The molecule has 3 nitrogen and oxygen atoms in total. The van der Waals surface area contributed by atoms with Gasteiger partial charge in [0.25, 0.3) is 0 Å². The lowest BCUT2D eigenvalue weighted by Gasteiger charge is -2.35. The Balaban J connectivity index is 2.07. The molecular weight excluding hydrogens is 408 g/mol. The molecule has 0 saturated carbocycles. The quantitative estimate of drug-likeness (QED) is 0.274.